The summed E-state index contributed by atoms with van der Waals surface area (Å²) in [6, 6.07) is 12.7. The standard InChI is InChI=1S/C20H21NO7/c21-9-12-3-4-14(8-13(12)7-11-1-5-15(23)6-2-11)20(27)19(26)18(25)17(24)16(10-22)28-20/h1-6,8,16-19,22-27H,7,10H2/t16-,17-,18+,19-,20?/m1/s1. The van der Waals surface area contributed by atoms with E-state index in [1.807, 2.05) is 0 Å². The maximum atomic E-state index is 10.9. The van der Waals surface area contributed by atoms with Crippen molar-refractivity contribution in [2.75, 3.05) is 6.61 Å². The van der Waals surface area contributed by atoms with Crippen LogP contribution in [0.25, 0.3) is 0 Å². The van der Waals surface area contributed by atoms with Gasteiger partial charge in [0.25, 0.3) is 0 Å². The van der Waals surface area contributed by atoms with Gasteiger partial charge in [-0.2, -0.15) is 5.26 Å². The van der Waals surface area contributed by atoms with Gasteiger partial charge in [-0.3, -0.25) is 0 Å². The second kappa shape index (κ2) is 7.85. The molecule has 1 aliphatic rings. The molecule has 0 aliphatic carbocycles. The van der Waals surface area contributed by atoms with Crippen LogP contribution in [0.3, 0.4) is 0 Å². The number of hydrogen-bond acceptors (Lipinski definition) is 8. The van der Waals surface area contributed by atoms with Crippen LogP contribution in [-0.4, -0.2) is 61.7 Å². The van der Waals surface area contributed by atoms with Gasteiger partial charge in [0.05, 0.1) is 18.2 Å². The Bertz CT molecular complexity index is 877. The van der Waals surface area contributed by atoms with Gasteiger partial charge in [0.1, 0.15) is 30.2 Å². The molecule has 0 spiro atoms. The molecule has 1 aliphatic heterocycles. The number of ether oxygens (including phenoxy) is 1. The van der Waals surface area contributed by atoms with Gasteiger partial charge in [0, 0.05) is 5.56 Å². The summed E-state index contributed by atoms with van der Waals surface area (Å²) >= 11 is 0. The fraction of sp³-hybridized carbons (Fsp3) is 0.350. The number of nitriles is 1. The Balaban J connectivity index is 2.00. The lowest BCUT2D eigenvalue weighted by atomic mass is 9.86. The Morgan fingerprint density at radius 1 is 1.04 bits per heavy atom. The first-order valence-electron chi connectivity index (χ1n) is 8.66. The highest BCUT2D eigenvalue weighted by molar-refractivity contribution is 5.45. The van der Waals surface area contributed by atoms with E-state index in [0.717, 1.165) is 5.56 Å². The average Bonchev–Trinajstić information content (AvgIpc) is 2.71. The Kier molecular flexibility index (Phi) is 5.67. The minimum Gasteiger partial charge on any atom is -0.508 e. The first-order chi connectivity index (χ1) is 13.3. The lowest BCUT2D eigenvalue weighted by molar-refractivity contribution is -0.357. The number of phenolic OH excluding ortho intramolecular Hbond substituents is 1. The molecule has 5 atom stereocenters. The van der Waals surface area contributed by atoms with Crippen molar-refractivity contribution in [2.45, 2.75) is 36.6 Å². The van der Waals surface area contributed by atoms with Gasteiger partial charge in [0.15, 0.2) is 0 Å². The molecule has 6 N–H and O–H groups in total. The van der Waals surface area contributed by atoms with Crippen molar-refractivity contribution in [2.24, 2.45) is 0 Å². The van der Waals surface area contributed by atoms with Crippen molar-refractivity contribution in [3.05, 3.63) is 64.7 Å². The Hall–Kier alpha value is -2.51. The molecular formula is C20H21NO7. The molecule has 1 saturated heterocycles. The predicted octanol–water partition coefficient (Wildman–Crippen LogP) is -0.526. The van der Waals surface area contributed by atoms with Gasteiger partial charge in [-0.15, -0.1) is 0 Å². The maximum Gasteiger partial charge on any atom is 0.222 e. The van der Waals surface area contributed by atoms with E-state index >= 15 is 0 Å². The summed E-state index contributed by atoms with van der Waals surface area (Å²) in [6.45, 7) is -0.677. The number of aliphatic hydroxyl groups excluding tert-OH is 4. The molecule has 148 valence electrons. The van der Waals surface area contributed by atoms with E-state index in [4.69, 9.17) is 4.74 Å². The lowest BCUT2D eigenvalue weighted by Crippen LogP contribution is -2.63. The molecule has 0 saturated carbocycles. The maximum absolute atomic E-state index is 10.9. The van der Waals surface area contributed by atoms with E-state index in [1.54, 1.807) is 12.1 Å². The minimum atomic E-state index is -2.39. The molecule has 0 amide bonds. The smallest absolute Gasteiger partial charge is 0.222 e. The highest BCUT2D eigenvalue weighted by atomic mass is 16.7. The van der Waals surface area contributed by atoms with E-state index in [1.165, 1.54) is 30.3 Å². The fourth-order valence-corrected chi connectivity index (χ4v) is 3.30. The number of hydrogen-bond donors (Lipinski definition) is 6. The highest BCUT2D eigenvalue weighted by Gasteiger charge is 2.53. The third-order valence-electron chi connectivity index (χ3n) is 4.94. The summed E-state index contributed by atoms with van der Waals surface area (Å²) in [5, 5.41) is 69.3. The van der Waals surface area contributed by atoms with Crippen LogP contribution in [0.1, 0.15) is 22.3 Å². The lowest BCUT2D eigenvalue weighted by Gasteiger charge is -2.45. The Labute approximate surface area is 161 Å². The topological polar surface area (TPSA) is 154 Å². The van der Waals surface area contributed by atoms with Crippen LogP contribution in [0.4, 0.5) is 0 Å². The molecule has 2 aromatic carbocycles. The molecular weight excluding hydrogens is 366 g/mol. The van der Waals surface area contributed by atoms with Crippen molar-refractivity contribution in [1.82, 2.24) is 0 Å². The summed E-state index contributed by atoms with van der Waals surface area (Å²) in [5.41, 5.74) is 1.73. The number of aliphatic hydroxyl groups is 5. The Morgan fingerprint density at radius 2 is 1.71 bits per heavy atom. The number of aromatic hydroxyl groups is 1. The van der Waals surface area contributed by atoms with E-state index in [0.29, 0.717) is 17.5 Å². The van der Waals surface area contributed by atoms with Gasteiger partial charge in [-0.25, -0.2) is 0 Å². The number of phenols is 1. The van der Waals surface area contributed by atoms with E-state index < -0.39 is 36.8 Å². The molecule has 8 nitrogen and oxygen atoms in total. The molecule has 0 aromatic heterocycles. The van der Waals surface area contributed by atoms with Crippen molar-refractivity contribution in [3.63, 3.8) is 0 Å². The zero-order valence-electron chi connectivity index (χ0n) is 14.8. The largest absolute Gasteiger partial charge is 0.508 e. The van der Waals surface area contributed by atoms with E-state index in [2.05, 4.69) is 6.07 Å². The van der Waals surface area contributed by atoms with Gasteiger partial charge in [-0.05, 0) is 41.8 Å². The summed E-state index contributed by atoms with van der Waals surface area (Å²) in [6.07, 6.45) is -6.20. The fourth-order valence-electron chi connectivity index (χ4n) is 3.30. The normalized spacial score (nSPS) is 30.0. The van der Waals surface area contributed by atoms with Gasteiger partial charge < -0.3 is 35.4 Å². The average molecular weight is 387 g/mol. The van der Waals surface area contributed by atoms with Crippen LogP contribution in [-0.2, 0) is 16.9 Å². The second-order valence-electron chi connectivity index (χ2n) is 6.79. The van der Waals surface area contributed by atoms with E-state index in [9.17, 15) is 35.9 Å². The zero-order chi connectivity index (χ0) is 20.5. The third kappa shape index (κ3) is 3.59. The van der Waals surface area contributed by atoms with Gasteiger partial charge in [0.2, 0.25) is 5.79 Å². The van der Waals surface area contributed by atoms with E-state index in [-0.39, 0.29) is 11.3 Å². The van der Waals surface area contributed by atoms with Crippen molar-refractivity contribution in [3.8, 4) is 11.8 Å². The monoisotopic (exact) mass is 387 g/mol. The molecule has 8 heteroatoms. The molecule has 1 heterocycles. The van der Waals surface area contributed by atoms with Crippen LogP contribution in [0.15, 0.2) is 42.5 Å². The molecule has 3 rings (SSSR count). The molecule has 1 unspecified atom stereocenters. The SMILES string of the molecule is N#Cc1ccc(C2(O)O[C@H](CO)[C@@H](O)[C@H](O)[C@H]2O)cc1Cc1ccc(O)cc1. The first kappa shape index (κ1) is 20.2. The number of benzene rings is 2. The first-order valence-corrected chi connectivity index (χ1v) is 8.66. The van der Waals surface area contributed by atoms with Gasteiger partial charge >= 0.3 is 0 Å². The van der Waals surface area contributed by atoms with Crippen molar-refractivity contribution >= 4 is 0 Å². The summed E-state index contributed by atoms with van der Waals surface area (Å²) in [4.78, 5) is 0. The predicted molar refractivity (Wildman–Crippen MR) is 95.9 cm³/mol. The molecule has 0 bridgehead atoms. The summed E-state index contributed by atoms with van der Waals surface area (Å²) in [7, 11) is 0. The zero-order valence-corrected chi connectivity index (χ0v) is 14.8. The summed E-state index contributed by atoms with van der Waals surface area (Å²) < 4.78 is 5.33. The number of nitrogens with zero attached hydrogens (tertiary/aromatic N) is 1. The Morgan fingerprint density at radius 3 is 2.32 bits per heavy atom. The second-order valence-corrected chi connectivity index (χ2v) is 6.79. The summed E-state index contributed by atoms with van der Waals surface area (Å²) in [5.74, 6) is -2.28. The van der Waals surface area contributed by atoms with Crippen molar-refractivity contribution < 1.29 is 35.4 Å². The molecule has 1 fully saturated rings. The van der Waals surface area contributed by atoms with Crippen LogP contribution < -0.4 is 0 Å². The highest BCUT2D eigenvalue weighted by Crippen LogP contribution is 2.37. The molecule has 2 aromatic rings. The number of rotatable bonds is 4. The minimum absolute atomic E-state index is 0.0668. The quantitative estimate of drug-likeness (QED) is 0.409. The molecule has 28 heavy (non-hydrogen) atoms. The molecule has 0 radical (unpaired) electrons. The van der Waals surface area contributed by atoms with Crippen LogP contribution in [0.2, 0.25) is 0 Å². The van der Waals surface area contributed by atoms with Crippen LogP contribution in [0, 0.1) is 11.3 Å². The van der Waals surface area contributed by atoms with Crippen LogP contribution >= 0.6 is 0 Å². The van der Waals surface area contributed by atoms with Gasteiger partial charge in [-0.1, -0.05) is 18.2 Å². The van der Waals surface area contributed by atoms with Crippen molar-refractivity contribution in [1.29, 1.82) is 5.26 Å². The van der Waals surface area contributed by atoms with Crippen LogP contribution in [0.5, 0.6) is 5.75 Å². The third-order valence-corrected chi connectivity index (χ3v) is 4.94.